The Balaban J connectivity index is 2.66. The van der Waals surface area contributed by atoms with Gasteiger partial charge in [-0.2, -0.15) is 0 Å². The topological polar surface area (TPSA) is 43.1 Å². The highest BCUT2D eigenvalue weighted by molar-refractivity contribution is 5.94. The summed E-state index contributed by atoms with van der Waals surface area (Å²) in [6, 6.07) is 6.66. The van der Waals surface area contributed by atoms with Crippen LogP contribution in [-0.2, 0) is 0 Å². The van der Waals surface area contributed by atoms with Gasteiger partial charge in [0.1, 0.15) is 5.82 Å². The zero-order valence-corrected chi connectivity index (χ0v) is 9.08. The third kappa shape index (κ3) is 2.07. The number of nitrogens with two attached hydrogens (primary N) is 1. The Bertz CT molecular complexity index is 626. The van der Waals surface area contributed by atoms with Gasteiger partial charge in [0, 0.05) is 16.7 Å². The number of hydrogen-bond acceptors (Lipinski definition) is 1. The summed E-state index contributed by atoms with van der Waals surface area (Å²) in [5, 5.41) is 0. The second kappa shape index (κ2) is 4.52. The SMILES string of the molecule is NC(=O)c1ccc(F)c(-c2cccc(F)c2F)c1. The number of hydrogen-bond donors (Lipinski definition) is 1. The third-order valence-electron chi connectivity index (χ3n) is 2.49. The molecule has 0 saturated carbocycles. The van der Waals surface area contributed by atoms with E-state index in [2.05, 4.69) is 0 Å². The lowest BCUT2D eigenvalue weighted by Crippen LogP contribution is -2.11. The predicted molar refractivity (Wildman–Crippen MR) is 60.3 cm³/mol. The van der Waals surface area contributed by atoms with Crippen LogP contribution in [0.15, 0.2) is 36.4 Å². The highest BCUT2D eigenvalue weighted by atomic mass is 19.2. The lowest BCUT2D eigenvalue weighted by Gasteiger charge is -2.07. The molecule has 0 spiro atoms. The van der Waals surface area contributed by atoms with Crippen molar-refractivity contribution in [1.82, 2.24) is 0 Å². The smallest absolute Gasteiger partial charge is 0.248 e. The van der Waals surface area contributed by atoms with E-state index in [1.54, 1.807) is 0 Å². The molecule has 0 unspecified atom stereocenters. The van der Waals surface area contributed by atoms with Crippen LogP contribution in [0.25, 0.3) is 11.1 Å². The Morgan fingerprint density at radius 2 is 1.67 bits per heavy atom. The minimum atomic E-state index is -1.17. The summed E-state index contributed by atoms with van der Waals surface area (Å²) in [6.45, 7) is 0. The van der Waals surface area contributed by atoms with Gasteiger partial charge in [0.15, 0.2) is 11.6 Å². The first-order valence-electron chi connectivity index (χ1n) is 5.04. The van der Waals surface area contributed by atoms with Gasteiger partial charge >= 0.3 is 0 Å². The van der Waals surface area contributed by atoms with Crippen LogP contribution in [0.3, 0.4) is 0 Å². The molecule has 18 heavy (non-hydrogen) atoms. The Hall–Kier alpha value is -2.30. The Morgan fingerprint density at radius 3 is 2.33 bits per heavy atom. The summed E-state index contributed by atoms with van der Waals surface area (Å²) in [5.41, 5.74) is 4.61. The van der Waals surface area contributed by atoms with Crippen LogP contribution in [0.4, 0.5) is 13.2 Å². The number of benzene rings is 2. The molecule has 2 N–H and O–H groups in total. The zero-order chi connectivity index (χ0) is 13.3. The second-order valence-electron chi connectivity index (χ2n) is 3.66. The van der Waals surface area contributed by atoms with E-state index >= 15 is 0 Å². The van der Waals surface area contributed by atoms with Crippen LogP contribution >= 0.6 is 0 Å². The highest BCUT2D eigenvalue weighted by Crippen LogP contribution is 2.27. The molecule has 0 aliphatic carbocycles. The second-order valence-corrected chi connectivity index (χ2v) is 3.66. The highest BCUT2D eigenvalue weighted by Gasteiger charge is 2.15. The minimum absolute atomic E-state index is 0.0232. The zero-order valence-electron chi connectivity index (χ0n) is 9.08. The summed E-state index contributed by atoms with van der Waals surface area (Å²) >= 11 is 0. The van der Waals surface area contributed by atoms with Crippen molar-refractivity contribution < 1.29 is 18.0 Å². The van der Waals surface area contributed by atoms with Crippen LogP contribution in [-0.4, -0.2) is 5.91 Å². The summed E-state index contributed by atoms with van der Waals surface area (Å²) < 4.78 is 40.2. The van der Waals surface area contributed by atoms with E-state index in [1.807, 2.05) is 0 Å². The largest absolute Gasteiger partial charge is 0.366 e. The monoisotopic (exact) mass is 251 g/mol. The van der Waals surface area contributed by atoms with Gasteiger partial charge in [0.25, 0.3) is 0 Å². The quantitative estimate of drug-likeness (QED) is 0.876. The molecule has 0 aliphatic heterocycles. The molecule has 0 aromatic heterocycles. The lowest BCUT2D eigenvalue weighted by molar-refractivity contribution is 0.100. The van der Waals surface area contributed by atoms with Gasteiger partial charge in [-0.3, -0.25) is 4.79 Å². The Kier molecular flexibility index (Phi) is 3.06. The predicted octanol–water partition coefficient (Wildman–Crippen LogP) is 2.87. The molecular weight excluding hydrogens is 243 g/mol. The van der Waals surface area contributed by atoms with E-state index in [1.165, 1.54) is 18.2 Å². The summed E-state index contributed by atoms with van der Waals surface area (Å²) in [6.07, 6.45) is 0. The minimum Gasteiger partial charge on any atom is -0.366 e. The maximum Gasteiger partial charge on any atom is 0.248 e. The van der Waals surface area contributed by atoms with Gasteiger partial charge in [-0.25, -0.2) is 13.2 Å². The number of carbonyl (C=O) groups is 1. The molecule has 2 aromatic rings. The number of halogens is 3. The molecule has 0 radical (unpaired) electrons. The normalized spacial score (nSPS) is 10.4. The van der Waals surface area contributed by atoms with E-state index in [4.69, 9.17) is 5.73 Å². The molecule has 0 aliphatic rings. The molecule has 0 fully saturated rings. The molecule has 92 valence electrons. The van der Waals surface area contributed by atoms with Crippen LogP contribution in [0, 0.1) is 17.5 Å². The average molecular weight is 251 g/mol. The standard InChI is InChI=1S/C13H8F3NO/c14-10-5-4-7(13(17)18)6-9(10)8-2-1-3-11(15)12(8)16/h1-6H,(H2,17,18). The van der Waals surface area contributed by atoms with Gasteiger partial charge in [-0.1, -0.05) is 12.1 Å². The summed E-state index contributed by atoms with van der Waals surface area (Å²) in [5.74, 6) is -3.79. The maximum absolute atomic E-state index is 13.6. The molecule has 0 heterocycles. The van der Waals surface area contributed by atoms with Gasteiger partial charge in [-0.15, -0.1) is 0 Å². The van der Waals surface area contributed by atoms with Crippen molar-refractivity contribution in [2.24, 2.45) is 5.73 Å². The molecule has 0 bridgehead atoms. The van der Waals surface area contributed by atoms with Crippen molar-refractivity contribution >= 4 is 5.91 Å². The van der Waals surface area contributed by atoms with Crippen LogP contribution in [0.1, 0.15) is 10.4 Å². The van der Waals surface area contributed by atoms with Crippen molar-refractivity contribution in [2.45, 2.75) is 0 Å². The summed E-state index contributed by atoms with van der Waals surface area (Å²) in [7, 11) is 0. The van der Waals surface area contributed by atoms with Crippen molar-refractivity contribution in [3.63, 3.8) is 0 Å². The van der Waals surface area contributed by atoms with Gasteiger partial charge < -0.3 is 5.73 Å². The maximum atomic E-state index is 13.6. The summed E-state index contributed by atoms with van der Waals surface area (Å²) in [4.78, 5) is 11.0. The number of carbonyl (C=O) groups excluding carboxylic acids is 1. The molecular formula is C13H8F3NO. The van der Waals surface area contributed by atoms with Gasteiger partial charge in [0.2, 0.25) is 5.91 Å². The first-order chi connectivity index (χ1) is 8.50. The lowest BCUT2D eigenvalue weighted by atomic mass is 10.0. The van der Waals surface area contributed by atoms with Crippen molar-refractivity contribution in [3.05, 3.63) is 59.4 Å². The molecule has 2 aromatic carbocycles. The molecule has 1 amide bonds. The molecule has 2 nitrogen and oxygen atoms in total. The fourth-order valence-corrected chi connectivity index (χ4v) is 1.60. The van der Waals surface area contributed by atoms with Crippen LogP contribution in [0.5, 0.6) is 0 Å². The van der Waals surface area contributed by atoms with Crippen LogP contribution in [0.2, 0.25) is 0 Å². The average Bonchev–Trinajstić information content (AvgIpc) is 2.33. The number of rotatable bonds is 2. The van der Waals surface area contributed by atoms with E-state index in [0.717, 1.165) is 18.2 Å². The van der Waals surface area contributed by atoms with Crippen molar-refractivity contribution in [1.29, 1.82) is 0 Å². The number of primary amides is 1. The van der Waals surface area contributed by atoms with Crippen molar-refractivity contribution in [3.8, 4) is 11.1 Å². The van der Waals surface area contributed by atoms with Gasteiger partial charge in [-0.05, 0) is 24.3 Å². The van der Waals surface area contributed by atoms with E-state index in [-0.39, 0.29) is 16.7 Å². The van der Waals surface area contributed by atoms with Crippen molar-refractivity contribution in [2.75, 3.05) is 0 Å². The molecule has 0 atom stereocenters. The Morgan fingerprint density at radius 1 is 0.944 bits per heavy atom. The molecule has 0 saturated heterocycles. The van der Waals surface area contributed by atoms with E-state index in [9.17, 15) is 18.0 Å². The number of amides is 1. The molecule has 5 heteroatoms. The first kappa shape index (κ1) is 12.2. The third-order valence-corrected chi connectivity index (χ3v) is 2.49. The Labute approximate surface area is 101 Å². The fourth-order valence-electron chi connectivity index (χ4n) is 1.60. The van der Waals surface area contributed by atoms with E-state index < -0.39 is 23.4 Å². The first-order valence-corrected chi connectivity index (χ1v) is 5.04. The fraction of sp³-hybridized carbons (Fsp3) is 0. The van der Waals surface area contributed by atoms with Gasteiger partial charge in [0.05, 0.1) is 0 Å². The van der Waals surface area contributed by atoms with Crippen LogP contribution < -0.4 is 5.73 Å². The molecule has 2 rings (SSSR count). The van der Waals surface area contributed by atoms with E-state index in [0.29, 0.717) is 0 Å².